The predicted octanol–water partition coefficient (Wildman–Crippen LogP) is 3.12. The fourth-order valence-electron chi connectivity index (χ4n) is 1.76. The van der Waals surface area contributed by atoms with Crippen molar-refractivity contribution >= 4 is 10.8 Å². The summed E-state index contributed by atoms with van der Waals surface area (Å²) in [5.74, 6) is 0.307. The van der Waals surface area contributed by atoms with Crippen LogP contribution in [0, 0.1) is 0 Å². The van der Waals surface area contributed by atoms with Crippen LogP contribution in [-0.2, 0) is 17.0 Å². The number of halogens is 3. The highest BCUT2D eigenvalue weighted by Gasteiger charge is 2.31. The molecule has 19 heavy (non-hydrogen) atoms. The highest BCUT2D eigenvalue weighted by atomic mass is 32.2. The van der Waals surface area contributed by atoms with E-state index in [-0.39, 0.29) is 6.04 Å². The maximum Gasteiger partial charge on any atom is 0.416 e. The number of hydrogen-bond donors (Lipinski definition) is 1. The minimum absolute atomic E-state index is 0.307. The first-order chi connectivity index (χ1) is 8.84. The van der Waals surface area contributed by atoms with Crippen molar-refractivity contribution in [2.75, 3.05) is 18.6 Å². The van der Waals surface area contributed by atoms with Crippen molar-refractivity contribution in [3.05, 3.63) is 35.4 Å². The smallest absolute Gasteiger partial charge is 0.309 e. The van der Waals surface area contributed by atoms with E-state index >= 15 is 0 Å². The first-order valence-corrected chi connectivity index (χ1v) is 7.78. The lowest BCUT2D eigenvalue weighted by Crippen LogP contribution is -2.27. The van der Waals surface area contributed by atoms with Crippen molar-refractivity contribution in [1.29, 1.82) is 0 Å². The van der Waals surface area contributed by atoms with Gasteiger partial charge < -0.3 is 5.32 Å². The van der Waals surface area contributed by atoms with Gasteiger partial charge in [-0.15, -0.1) is 0 Å². The summed E-state index contributed by atoms with van der Waals surface area (Å²) in [7, 11) is -1.07. The molecule has 0 aliphatic heterocycles. The van der Waals surface area contributed by atoms with E-state index in [0.29, 0.717) is 17.9 Å². The van der Waals surface area contributed by atoms with Gasteiger partial charge in [0.2, 0.25) is 0 Å². The van der Waals surface area contributed by atoms with E-state index in [4.69, 9.17) is 0 Å². The van der Waals surface area contributed by atoms with Gasteiger partial charge in [0.25, 0.3) is 0 Å². The normalized spacial score (nSPS) is 15.2. The number of benzene rings is 1. The van der Waals surface area contributed by atoms with Crippen LogP contribution >= 0.6 is 0 Å². The maximum atomic E-state index is 12.7. The van der Waals surface area contributed by atoms with Crippen LogP contribution in [0.1, 0.15) is 30.5 Å². The second kappa shape index (κ2) is 7.05. The third-order valence-corrected chi connectivity index (χ3v) is 3.46. The second-order valence-electron chi connectivity index (χ2n) is 4.37. The summed E-state index contributed by atoms with van der Waals surface area (Å²) in [4.78, 5) is 0. The molecule has 1 aromatic rings. The highest BCUT2D eigenvalue weighted by molar-refractivity contribution is 7.84. The van der Waals surface area contributed by atoms with Crippen LogP contribution in [0.5, 0.6) is 0 Å². The summed E-state index contributed by atoms with van der Waals surface area (Å²) in [6.07, 6.45) is -1.93. The molecule has 1 N–H and O–H groups in total. The Balaban J connectivity index is 2.97. The van der Waals surface area contributed by atoms with Gasteiger partial charge in [-0.3, -0.25) is 4.21 Å². The Labute approximate surface area is 113 Å². The molecular formula is C13H18F3NOS. The van der Waals surface area contributed by atoms with Crippen LogP contribution in [0.2, 0.25) is 0 Å². The van der Waals surface area contributed by atoms with Crippen molar-refractivity contribution in [2.24, 2.45) is 0 Å². The summed E-state index contributed by atoms with van der Waals surface area (Å²) in [5.41, 5.74) is -0.145. The number of nitrogens with one attached hydrogen (secondary N) is 1. The summed E-state index contributed by atoms with van der Waals surface area (Å²) < 4.78 is 49.3. The Morgan fingerprint density at radius 2 is 2.05 bits per heavy atom. The SMILES string of the molecule is CCCNC(CS(C)=O)c1cccc(C(F)(F)F)c1. The van der Waals surface area contributed by atoms with Gasteiger partial charge in [-0.25, -0.2) is 0 Å². The Bertz CT molecular complexity index is 434. The van der Waals surface area contributed by atoms with Crippen molar-refractivity contribution in [3.8, 4) is 0 Å². The summed E-state index contributed by atoms with van der Waals surface area (Å²) in [6, 6.07) is 4.88. The zero-order valence-electron chi connectivity index (χ0n) is 11.0. The van der Waals surface area contributed by atoms with E-state index in [9.17, 15) is 17.4 Å². The largest absolute Gasteiger partial charge is 0.416 e. The lowest BCUT2D eigenvalue weighted by molar-refractivity contribution is -0.137. The number of hydrogen-bond acceptors (Lipinski definition) is 2. The fourth-order valence-corrected chi connectivity index (χ4v) is 2.54. The van der Waals surface area contributed by atoms with Crippen molar-refractivity contribution in [2.45, 2.75) is 25.6 Å². The lowest BCUT2D eigenvalue weighted by Gasteiger charge is -2.19. The minimum Gasteiger partial charge on any atom is -0.309 e. The van der Waals surface area contributed by atoms with Crippen molar-refractivity contribution in [1.82, 2.24) is 5.32 Å². The highest BCUT2D eigenvalue weighted by Crippen LogP contribution is 2.30. The van der Waals surface area contributed by atoms with Gasteiger partial charge in [-0.05, 0) is 30.7 Å². The maximum absolute atomic E-state index is 12.7. The average molecular weight is 293 g/mol. The van der Waals surface area contributed by atoms with E-state index in [0.717, 1.165) is 18.6 Å². The molecule has 6 heteroatoms. The average Bonchev–Trinajstić information content (AvgIpc) is 2.33. The zero-order chi connectivity index (χ0) is 14.5. The third-order valence-electron chi connectivity index (χ3n) is 2.66. The molecule has 0 bridgehead atoms. The Morgan fingerprint density at radius 3 is 2.58 bits per heavy atom. The molecule has 0 fully saturated rings. The zero-order valence-corrected chi connectivity index (χ0v) is 11.8. The molecule has 0 aliphatic rings. The Morgan fingerprint density at radius 1 is 1.37 bits per heavy atom. The first-order valence-electron chi connectivity index (χ1n) is 6.05. The van der Waals surface area contributed by atoms with Crippen molar-refractivity contribution < 1.29 is 17.4 Å². The second-order valence-corrected chi connectivity index (χ2v) is 5.85. The molecule has 0 spiro atoms. The quantitative estimate of drug-likeness (QED) is 0.873. The molecule has 1 rings (SSSR count). The van der Waals surface area contributed by atoms with Crippen molar-refractivity contribution in [3.63, 3.8) is 0 Å². The van der Waals surface area contributed by atoms with Gasteiger partial charge in [0.1, 0.15) is 0 Å². The first kappa shape index (κ1) is 16.2. The molecule has 2 atom stereocenters. The molecule has 0 heterocycles. The number of alkyl halides is 3. The molecule has 2 nitrogen and oxygen atoms in total. The van der Waals surface area contributed by atoms with E-state index in [1.807, 2.05) is 6.92 Å². The molecule has 0 saturated carbocycles. The third kappa shape index (κ3) is 5.32. The molecule has 0 saturated heterocycles. The molecule has 0 aliphatic carbocycles. The molecular weight excluding hydrogens is 275 g/mol. The lowest BCUT2D eigenvalue weighted by atomic mass is 10.0. The monoisotopic (exact) mass is 293 g/mol. The van der Waals surface area contributed by atoms with E-state index < -0.39 is 22.5 Å². The molecule has 0 radical (unpaired) electrons. The van der Waals surface area contributed by atoms with Crippen LogP contribution in [0.4, 0.5) is 13.2 Å². The van der Waals surface area contributed by atoms with Crippen LogP contribution in [0.3, 0.4) is 0 Å². The summed E-state index contributed by atoms with van der Waals surface area (Å²) >= 11 is 0. The van der Waals surface area contributed by atoms with Gasteiger partial charge in [0, 0.05) is 28.9 Å². The molecule has 2 unspecified atom stereocenters. The van der Waals surface area contributed by atoms with Gasteiger partial charge >= 0.3 is 6.18 Å². The Kier molecular flexibility index (Phi) is 6.00. The fraction of sp³-hybridized carbons (Fsp3) is 0.538. The van der Waals surface area contributed by atoms with Gasteiger partial charge in [0.05, 0.1) is 5.56 Å². The topological polar surface area (TPSA) is 29.1 Å². The van der Waals surface area contributed by atoms with Crippen LogP contribution in [-0.4, -0.2) is 22.8 Å². The number of rotatable bonds is 6. The van der Waals surface area contributed by atoms with E-state index in [1.54, 1.807) is 12.3 Å². The Hall–Kier alpha value is -0.880. The van der Waals surface area contributed by atoms with E-state index in [1.165, 1.54) is 6.07 Å². The minimum atomic E-state index is -4.35. The van der Waals surface area contributed by atoms with Gasteiger partial charge in [-0.2, -0.15) is 13.2 Å². The summed E-state index contributed by atoms with van der Waals surface area (Å²) in [5, 5.41) is 3.14. The van der Waals surface area contributed by atoms with Gasteiger partial charge in [0.15, 0.2) is 0 Å². The predicted molar refractivity (Wildman–Crippen MR) is 71.4 cm³/mol. The van der Waals surface area contributed by atoms with Gasteiger partial charge in [-0.1, -0.05) is 19.1 Å². The molecule has 0 amide bonds. The standard InChI is InChI=1S/C13H18F3NOS/c1-3-7-17-12(9-19(2)18)10-5-4-6-11(8-10)13(14,15)16/h4-6,8,12,17H,3,7,9H2,1-2H3. The van der Waals surface area contributed by atoms with E-state index in [2.05, 4.69) is 5.32 Å². The van der Waals surface area contributed by atoms with Crippen LogP contribution in [0.25, 0.3) is 0 Å². The summed E-state index contributed by atoms with van der Waals surface area (Å²) in [6.45, 7) is 2.65. The van der Waals surface area contributed by atoms with Crippen LogP contribution < -0.4 is 5.32 Å². The molecule has 0 aromatic heterocycles. The van der Waals surface area contributed by atoms with Crippen LogP contribution in [0.15, 0.2) is 24.3 Å². The molecule has 108 valence electrons. The molecule has 1 aromatic carbocycles.